The van der Waals surface area contributed by atoms with Gasteiger partial charge in [-0.1, -0.05) is 73.7 Å². The Kier molecular flexibility index (Phi) is 9.48. The van der Waals surface area contributed by atoms with Crippen molar-refractivity contribution in [2.24, 2.45) is 0 Å². The highest BCUT2D eigenvalue weighted by atomic mass is 19.4. The minimum atomic E-state index is -4.90. The number of para-hydroxylation sites is 1. The number of rotatable bonds is 11. The molecule has 0 aromatic heterocycles. The number of piperidine rings is 1. The van der Waals surface area contributed by atoms with Crippen LogP contribution in [0, 0.1) is 0 Å². The molecule has 0 spiro atoms. The van der Waals surface area contributed by atoms with E-state index < -0.39 is 36.2 Å². The standard InChI is InChI=1S/C34H35F6N3O2/c1-23(41-22-33(35,36)37)32(28-13-5-2-10-25(28)26-11-3-6-14-29(26)32)18-8-9-19-43-20-16-24(17-21-43)42-31(44)27-12-4-7-15-30(27)45-34(38,39)40/h2-7,10-15,24,41H,1,8-9,16-22H2,(H,42,44). The van der Waals surface area contributed by atoms with Crippen LogP contribution in [0.25, 0.3) is 11.1 Å². The molecule has 0 bridgehead atoms. The van der Waals surface area contributed by atoms with Crippen molar-refractivity contribution in [2.75, 3.05) is 26.2 Å². The molecule has 1 amide bonds. The highest BCUT2D eigenvalue weighted by Gasteiger charge is 2.45. The van der Waals surface area contributed by atoms with Gasteiger partial charge in [-0.05, 0) is 66.6 Å². The number of benzene rings is 3. The number of fused-ring (bicyclic) bond motifs is 3. The van der Waals surface area contributed by atoms with Crippen molar-refractivity contribution >= 4 is 5.91 Å². The monoisotopic (exact) mass is 631 g/mol. The molecule has 5 nitrogen and oxygen atoms in total. The largest absolute Gasteiger partial charge is 0.573 e. The third kappa shape index (κ3) is 7.46. The molecule has 3 aromatic carbocycles. The van der Waals surface area contributed by atoms with E-state index in [2.05, 4.69) is 26.8 Å². The Morgan fingerprint density at radius 1 is 0.867 bits per heavy atom. The molecule has 11 heteroatoms. The molecule has 5 rings (SSSR count). The number of hydrogen-bond acceptors (Lipinski definition) is 4. The van der Waals surface area contributed by atoms with Crippen molar-refractivity contribution in [2.45, 2.75) is 56.1 Å². The van der Waals surface area contributed by atoms with E-state index >= 15 is 0 Å². The fraction of sp³-hybridized carbons (Fsp3) is 0.382. The summed E-state index contributed by atoms with van der Waals surface area (Å²) in [6, 6.07) is 20.7. The minimum Gasteiger partial charge on any atom is -0.405 e. The molecule has 1 aliphatic heterocycles. The topological polar surface area (TPSA) is 53.6 Å². The Bertz CT molecular complexity index is 1470. The highest BCUT2D eigenvalue weighted by Crippen LogP contribution is 2.54. The van der Waals surface area contributed by atoms with E-state index in [1.165, 1.54) is 18.2 Å². The Labute approximate surface area is 258 Å². The lowest BCUT2D eigenvalue weighted by Crippen LogP contribution is -2.45. The average molecular weight is 632 g/mol. The Morgan fingerprint density at radius 2 is 1.44 bits per heavy atom. The second-order valence-electron chi connectivity index (χ2n) is 11.5. The van der Waals surface area contributed by atoms with Crippen molar-refractivity contribution < 1.29 is 35.9 Å². The number of ether oxygens (including phenoxy) is 1. The highest BCUT2D eigenvalue weighted by molar-refractivity contribution is 5.97. The van der Waals surface area contributed by atoms with Crippen LogP contribution in [0.15, 0.2) is 85.1 Å². The van der Waals surface area contributed by atoms with E-state index in [1.807, 2.05) is 48.5 Å². The number of unbranched alkanes of at least 4 members (excludes halogenated alkanes) is 1. The van der Waals surface area contributed by atoms with Gasteiger partial charge in [-0.15, -0.1) is 13.2 Å². The van der Waals surface area contributed by atoms with Crippen LogP contribution in [-0.4, -0.2) is 55.6 Å². The summed E-state index contributed by atoms with van der Waals surface area (Å²) in [6.45, 7) is 5.14. The summed E-state index contributed by atoms with van der Waals surface area (Å²) < 4.78 is 81.9. The fourth-order valence-corrected chi connectivity index (χ4v) is 6.59. The van der Waals surface area contributed by atoms with Gasteiger partial charge in [0.25, 0.3) is 5.91 Å². The van der Waals surface area contributed by atoms with Gasteiger partial charge in [0.05, 0.1) is 11.0 Å². The van der Waals surface area contributed by atoms with Gasteiger partial charge in [-0.25, -0.2) is 0 Å². The van der Waals surface area contributed by atoms with E-state index in [0.717, 1.165) is 47.7 Å². The number of amides is 1. The van der Waals surface area contributed by atoms with Crippen molar-refractivity contribution in [3.05, 3.63) is 102 Å². The van der Waals surface area contributed by atoms with Gasteiger partial charge in [0.1, 0.15) is 12.3 Å². The molecule has 45 heavy (non-hydrogen) atoms. The van der Waals surface area contributed by atoms with Gasteiger partial charge in [0.2, 0.25) is 0 Å². The maximum atomic E-state index is 13.2. The molecule has 0 radical (unpaired) electrons. The summed E-state index contributed by atoms with van der Waals surface area (Å²) in [6.07, 6.45) is -5.89. The summed E-state index contributed by atoms with van der Waals surface area (Å²) >= 11 is 0. The van der Waals surface area contributed by atoms with Crippen molar-refractivity contribution in [3.63, 3.8) is 0 Å². The molecular formula is C34H35F6N3O2. The first-order valence-electron chi connectivity index (χ1n) is 14.9. The van der Waals surface area contributed by atoms with Crippen LogP contribution in [0.2, 0.25) is 0 Å². The number of hydrogen-bond donors (Lipinski definition) is 2. The van der Waals surface area contributed by atoms with Crippen LogP contribution in [0.4, 0.5) is 26.3 Å². The molecule has 0 saturated carbocycles. The van der Waals surface area contributed by atoms with E-state index in [1.54, 1.807) is 0 Å². The van der Waals surface area contributed by atoms with Crippen molar-refractivity contribution in [3.8, 4) is 16.9 Å². The Balaban J connectivity index is 1.18. The number of likely N-dealkylation sites (tertiary alicyclic amines) is 1. The lowest BCUT2D eigenvalue weighted by molar-refractivity contribution is -0.274. The van der Waals surface area contributed by atoms with Gasteiger partial charge in [-0.2, -0.15) is 13.2 Å². The molecule has 2 N–H and O–H groups in total. The van der Waals surface area contributed by atoms with Crippen molar-refractivity contribution in [1.82, 2.24) is 15.5 Å². The quantitative estimate of drug-likeness (QED) is 0.169. The maximum Gasteiger partial charge on any atom is 0.573 e. The van der Waals surface area contributed by atoms with Gasteiger partial charge >= 0.3 is 12.5 Å². The summed E-state index contributed by atoms with van der Waals surface area (Å²) in [5.41, 5.74) is 3.25. The first kappa shape index (κ1) is 32.4. The SMILES string of the molecule is C=C(NCC(F)(F)F)C1(CCCCN2CCC(NC(=O)c3ccccc3OC(F)(F)F)CC2)c2ccccc2-c2ccccc21. The summed E-state index contributed by atoms with van der Waals surface area (Å²) in [7, 11) is 0. The van der Waals surface area contributed by atoms with Gasteiger partial charge in [0, 0.05) is 24.8 Å². The molecule has 1 fully saturated rings. The second kappa shape index (κ2) is 13.2. The van der Waals surface area contributed by atoms with E-state index in [4.69, 9.17) is 0 Å². The van der Waals surface area contributed by atoms with Crippen LogP contribution < -0.4 is 15.4 Å². The predicted molar refractivity (Wildman–Crippen MR) is 160 cm³/mol. The molecule has 2 aliphatic rings. The summed E-state index contributed by atoms with van der Waals surface area (Å²) in [5.74, 6) is -1.16. The lowest BCUT2D eigenvalue weighted by Gasteiger charge is -2.36. The number of nitrogens with zero attached hydrogens (tertiary/aromatic N) is 1. The third-order valence-corrected chi connectivity index (χ3v) is 8.64. The third-order valence-electron chi connectivity index (χ3n) is 8.64. The van der Waals surface area contributed by atoms with Gasteiger partial charge < -0.3 is 20.3 Å². The summed E-state index contributed by atoms with van der Waals surface area (Å²) in [5, 5.41) is 5.43. The van der Waals surface area contributed by atoms with Crippen LogP contribution in [0.3, 0.4) is 0 Å². The number of allylic oxidation sites excluding steroid dienone is 1. The first-order chi connectivity index (χ1) is 21.4. The number of nitrogens with one attached hydrogen (secondary N) is 2. The maximum absolute atomic E-state index is 13.2. The molecule has 1 aliphatic carbocycles. The van der Waals surface area contributed by atoms with Gasteiger partial charge in [0.15, 0.2) is 0 Å². The number of halogens is 6. The van der Waals surface area contributed by atoms with E-state index in [-0.39, 0.29) is 11.6 Å². The zero-order chi connectivity index (χ0) is 32.2. The molecule has 3 aromatic rings. The zero-order valence-electron chi connectivity index (χ0n) is 24.6. The molecular weight excluding hydrogens is 596 g/mol. The minimum absolute atomic E-state index is 0.174. The molecule has 240 valence electrons. The van der Waals surface area contributed by atoms with Crippen molar-refractivity contribution in [1.29, 1.82) is 0 Å². The Hall–Kier alpha value is -3.99. The predicted octanol–water partition coefficient (Wildman–Crippen LogP) is 7.58. The Morgan fingerprint density at radius 3 is 2.04 bits per heavy atom. The first-order valence-corrected chi connectivity index (χ1v) is 14.9. The van der Waals surface area contributed by atoms with Crippen LogP contribution in [0.5, 0.6) is 5.75 Å². The smallest absolute Gasteiger partial charge is 0.405 e. The number of alkyl halides is 6. The van der Waals surface area contributed by atoms with E-state index in [9.17, 15) is 31.1 Å². The summed E-state index contributed by atoms with van der Waals surface area (Å²) in [4.78, 5) is 15.0. The lowest BCUT2D eigenvalue weighted by atomic mass is 9.72. The zero-order valence-corrected chi connectivity index (χ0v) is 24.6. The normalized spacial score (nSPS) is 16.5. The van der Waals surface area contributed by atoms with Crippen LogP contribution in [-0.2, 0) is 5.41 Å². The average Bonchev–Trinajstić information content (AvgIpc) is 3.28. The van der Waals surface area contributed by atoms with Gasteiger partial charge in [-0.3, -0.25) is 4.79 Å². The second-order valence-corrected chi connectivity index (χ2v) is 11.5. The fourth-order valence-electron chi connectivity index (χ4n) is 6.59. The van der Waals surface area contributed by atoms with Crippen LogP contribution >= 0.6 is 0 Å². The number of carbonyl (C=O) groups is 1. The molecule has 0 unspecified atom stereocenters. The number of carbonyl (C=O) groups excluding carboxylic acids is 1. The van der Waals surface area contributed by atoms with E-state index in [0.29, 0.717) is 38.0 Å². The molecule has 1 saturated heterocycles. The molecule has 1 heterocycles. The van der Waals surface area contributed by atoms with Crippen LogP contribution in [0.1, 0.15) is 53.6 Å². The molecule has 0 atom stereocenters.